The fourth-order valence-electron chi connectivity index (χ4n) is 1.54. The summed E-state index contributed by atoms with van der Waals surface area (Å²) < 4.78 is 10.9. The zero-order valence-corrected chi connectivity index (χ0v) is 9.62. The van der Waals surface area contributed by atoms with Crippen LogP contribution in [-0.2, 0) is 0 Å². The molecule has 84 valence electrons. The zero-order valence-electron chi connectivity index (χ0n) is 9.62. The van der Waals surface area contributed by atoms with Crippen molar-refractivity contribution in [1.82, 2.24) is 0 Å². The Morgan fingerprint density at radius 2 is 2.13 bits per heavy atom. The minimum atomic E-state index is 0.278. The van der Waals surface area contributed by atoms with Gasteiger partial charge in [0.25, 0.3) is 0 Å². The largest absolute Gasteiger partial charge is 0.493 e. The van der Waals surface area contributed by atoms with Gasteiger partial charge < -0.3 is 15.2 Å². The van der Waals surface area contributed by atoms with E-state index in [1.165, 1.54) is 0 Å². The smallest absolute Gasteiger partial charge is 0.164 e. The Morgan fingerprint density at radius 1 is 1.40 bits per heavy atom. The SMILES string of the molecule is CCOc1cccc(C(C)CN)c1OC. The van der Waals surface area contributed by atoms with Gasteiger partial charge in [0.2, 0.25) is 0 Å². The lowest BCUT2D eigenvalue weighted by molar-refractivity contribution is 0.308. The average molecular weight is 209 g/mol. The predicted molar refractivity (Wildman–Crippen MR) is 61.6 cm³/mol. The van der Waals surface area contributed by atoms with Crippen molar-refractivity contribution in [2.24, 2.45) is 5.73 Å². The zero-order chi connectivity index (χ0) is 11.3. The quantitative estimate of drug-likeness (QED) is 0.808. The predicted octanol–water partition coefficient (Wildman–Crippen LogP) is 2.16. The summed E-state index contributed by atoms with van der Waals surface area (Å²) in [6.07, 6.45) is 0. The summed E-state index contributed by atoms with van der Waals surface area (Å²) in [5, 5.41) is 0. The van der Waals surface area contributed by atoms with Crippen LogP contribution in [0.1, 0.15) is 25.3 Å². The first-order chi connectivity index (χ1) is 7.24. The summed E-state index contributed by atoms with van der Waals surface area (Å²) >= 11 is 0. The molecule has 1 atom stereocenters. The minimum Gasteiger partial charge on any atom is -0.493 e. The van der Waals surface area contributed by atoms with Crippen molar-refractivity contribution < 1.29 is 9.47 Å². The molecule has 0 saturated heterocycles. The first-order valence-corrected chi connectivity index (χ1v) is 5.24. The van der Waals surface area contributed by atoms with Crippen LogP contribution in [0.25, 0.3) is 0 Å². The van der Waals surface area contributed by atoms with Gasteiger partial charge in [-0.1, -0.05) is 19.1 Å². The molecule has 0 spiro atoms. The van der Waals surface area contributed by atoms with Gasteiger partial charge >= 0.3 is 0 Å². The summed E-state index contributed by atoms with van der Waals surface area (Å²) in [5.74, 6) is 1.87. The Kier molecular flexibility index (Phi) is 4.43. The van der Waals surface area contributed by atoms with Crippen LogP contribution in [0.5, 0.6) is 11.5 Å². The topological polar surface area (TPSA) is 44.5 Å². The van der Waals surface area contributed by atoms with Crippen LogP contribution >= 0.6 is 0 Å². The van der Waals surface area contributed by atoms with Crippen LogP contribution in [-0.4, -0.2) is 20.3 Å². The van der Waals surface area contributed by atoms with Gasteiger partial charge in [-0.2, -0.15) is 0 Å². The maximum absolute atomic E-state index is 5.66. The normalized spacial score (nSPS) is 12.3. The molecule has 1 aromatic rings. The summed E-state index contributed by atoms with van der Waals surface area (Å²) in [6.45, 7) is 5.27. The molecule has 1 aromatic carbocycles. The highest BCUT2D eigenvalue weighted by molar-refractivity contribution is 5.48. The van der Waals surface area contributed by atoms with E-state index < -0.39 is 0 Å². The molecule has 3 nitrogen and oxygen atoms in total. The maximum atomic E-state index is 5.66. The number of para-hydroxylation sites is 1. The minimum absolute atomic E-state index is 0.278. The van der Waals surface area contributed by atoms with E-state index in [9.17, 15) is 0 Å². The fourth-order valence-corrected chi connectivity index (χ4v) is 1.54. The number of ether oxygens (including phenoxy) is 2. The Bertz CT molecular complexity index is 312. The van der Waals surface area contributed by atoms with Crippen LogP contribution in [0.15, 0.2) is 18.2 Å². The third-order valence-corrected chi connectivity index (χ3v) is 2.40. The van der Waals surface area contributed by atoms with Crippen molar-refractivity contribution >= 4 is 0 Å². The Hall–Kier alpha value is -1.22. The van der Waals surface area contributed by atoms with E-state index in [0.29, 0.717) is 13.2 Å². The van der Waals surface area contributed by atoms with E-state index in [2.05, 4.69) is 6.92 Å². The number of nitrogens with two attached hydrogens (primary N) is 1. The van der Waals surface area contributed by atoms with Crippen molar-refractivity contribution in [1.29, 1.82) is 0 Å². The Labute approximate surface area is 91.2 Å². The van der Waals surface area contributed by atoms with Crippen molar-refractivity contribution in [3.63, 3.8) is 0 Å². The number of hydrogen-bond acceptors (Lipinski definition) is 3. The van der Waals surface area contributed by atoms with Crippen LogP contribution in [0, 0.1) is 0 Å². The summed E-state index contributed by atoms with van der Waals surface area (Å²) in [6, 6.07) is 5.91. The van der Waals surface area contributed by atoms with E-state index in [-0.39, 0.29) is 5.92 Å². The second kappa shape index (κ2) is 5.61. The van der Waals surface area contributed by atoms with E-state index in [1.807, 2.05) is 25.1 Å². The lowest BCUT2D eigenvalue weighted by atomic mass is 10.00. The third kappa shape index (κ3) is 2.63. The molecule has 0 aliphatic carbocycles. The second-order valence-corrected chi connectivity index (χ2v) is 3.45. The molecule has 3 heteroatoms. The fraction of sp³-hybridized carbons (Fsp3) is 0.500. The molecule has 0 heterocycles. The molecule has 15 heavy (non-hydrogen) atoms. The molecule has 0 bridgehead atoms. The Balaban J connectivity index is 3.09. The maximum Gasteiger partial charge on any atom is 0.164 e. The summed E-state index contributed by atoms with van der Waals surface area (Å²) in [4.78, 5) is 0. The molecule has 0 aliphatic heterocycles. The van der Waals surface area contributed by atoms with Gasteiger partial charge in [0.05, 0.1) is 13.7 Å². The highest BCUT2D eigenvalue weighted by Crippen LogP contribution is 2.35. The molecule has 2 N–H and O–H groups in total. The Morgan fingerprint density at radius 3 is 2.67 bits per heavy atom. The molecule has 1 unspecified atom stereocenters. The molecular formula is C12H19NO2. The molecule has 0 aromatic heterocycles. The number of methoxy groups -OCH3 is 1. The summed E-state index contributed by atoms with van der Waals surface area (Å²) in [7, 11) is 1.66. The molecule has 0 saturated carbocycles. The first-order valence-electron chi connectivity index (χ1n) is 5.24. The van der Waals surface area contributed by atoms with Crippen LogP contribution in [0.3, 0.4) is 0 Å². The molecule has 0 aliphatic rings. The lowest BCUT2D eigenvalue weighted by Gasteiger charge is -2.17. The van der Waals surface area contributed by atoms with Crippen LogP contribution in [0.2, 0.25) is 0 Å². The van der Waals surface area contributed by atoms with Gasteiger partial charge in [0, 0.05) is 5.56 Å². The van der Waals surface area contributed by atoms with E-state index in [4.69, 9.17) is 15.2 Å². The van der Waals surface area contributed by atoms with Crippen molar-refractivity contribution in [2.75, 3.05) is 20.3 Å². The number of rotatable bonds is 5. The first kappa shape index (κ1) is 11.9. The highest BCUT2D eigenvalue weighted by Gasteiger charge is 2.14. The van der Waals surface area contributed by atoms with Gasteiger partial charge in [-0.05, 0) is 25.5 Å². The molecule has 0 fully saturated rings. The van der Waals surface area contributed by atoms with Gasteiger partial charge in [-0.15, -0.1) is 0 Å². The van der Waals surface area contributed by atoms with Gasteiger partial charge in [0.1, 0.15) is 0 Å². The van der Waals surface area contributed by atoms with Crippen molar-refractivity contribution in [3.05, 3.63) is 23.8 Å². The van der Waals surface area contributed by atoms with Crippen molar-refractivity contribution in [3.8, 4) is 11.5 Å². The van der Waals surface area contributed by atoms with Crippen LogP contribution in [0.4, 0.5) is 0 Å². The highest BCUT2D eigenvalue weighted by atomic mass is 16.5. The third-order valence-electron chi connectivity index (χ3n) is 2.40. The van der Waals surface area contributed by atoms with Crippen LogP contribution < -0.4 is 15.2 Å². The standard InChI is InChI=1S/C12H19NO2/c1-4-15-11-7-5-6-10(9(2)8-13)12(11)14-3/h5-7,9H,4,8,13H2,1-3H3. The number of hydrogen-bond donors (Lipinski definition) is 1. The lowest BCUT2D eigenvalue weighted by Crippen LogP contribution is -2.10. The second-order valence-electron chi connectivity index (χ2n) is 3.45. The van der Waals surface area contributed by atoms with E-state index >= 15 is 0 Å². The molecule has 0 radical (unpaired) electrons. The molecule has 0 amide bonds. The number of benzene rings is 1. The van der Waals surface area contributed by atoms with E-state index in [1.54, 1.807) is 7.11 Å². The van der Waals surface area contributed by atoms with Gasteiger partial charge in [0.15, 0.2) is 11.5 Å². The average Bonchev–Trinajstić information content (AvgIpc) is 2.28. The van der Waals surface area contributed by atoms with E-state index in [0.717, 1.165) is 17.1 Å². The van der Waals surface area contributed by atoms with Gasteiger partial charge in [-0.3, -0.25) is 0 Å². The summed E-state index contributed by atoms with van der Waals surface area (Å²) in [5.41, 5.74) is 6.76. The molecular weight excluding hydrogens is 190 g/mol. The monoisotopic (exact) mass is 209 g/mol. The van der Waals surface area contributed by atoms with Gasteiger partial charge in [-0.25, -0.2) is 0 Å². The molecule has 1 rings (SSSR count). The van der Waals surface area contributed by atoms with Crippen molar-refractivity contribution in [2.45, 2.75) is 19.8 Å².